The van der Waals surface area contributed by atoms with Crippen molar-refractivity contribution in [3.05, 3.63) is 29.0 Å². The molecule has 0 bridgehead atoms. The Morgan fingerprint density at radius 1 is 1.69 bits per heavy atom. The fraction of sp³-hybridized carbons (Fsp3) is 0.400. The van der Waals surface area contributed by atoms with Crippen molar-refractivity contribution >= 4 is 17.4 Å². The van der Waals surface area contributed by atoms with Gasteiger partial charge in [-0.25, -0.2) is 0 Å². The minimum absolute atomic E-state index is 0.00704. The Hall–Kier alpha value is -0.890. The number of halogens is 1. The molecule has 1 atom stereocenters. The van der Waals surface area contributed by atoms with Gasteiger partial charge in [-0.15, -0.1) is 0 Å². The second-order valence-electron chi connectivity index (χ2n) is 3.01. The van der Waals surface area contributed by atoms with E-state index in [1.165, 1.54) is 0 Å². The van der Waals surface area contributed by atoms with Crippen LogP contribution in [0.5, 0.6) is 0 Å². The molecule has 0 amide bonds. The van der Waals surface area contributed by atoms with E-state index in [-0.39, 0.29) is 11.7 Å². The zero-order valence-corrected chi connectivity index (χ0v) is 8.51. The summed E-state index contributed by atoms with van der Waals surface area (Å²) < 4.78 is 0. The van der Waals surface area contributed by atoms with Gasteiger partial charge in [0.05, 0.1) is 5.02 Å². The Bertz CT molecular complexity index is 312. The molecule has 0 saturated carbocycles. The largest absolute Gasteiger partial charge is 0.292 e. The van der Waals surface area contributed by atoms with Crippen molar-refractivity contribution in [3.63, 3.8) is 0 Å². The standard InChI is InChI=1S/C10H12ClNO/c1-3-7(2)10(13)9-8(11)5-4-6-12-9/h4-7H,3H2,1-2H3. The lowest BCUT2D eigenvalue weighted by Crippen LogP contribution is -2.12. The zero-order chi connectivity index (χ0) is 9.84. The summed E-state index contributed by atoms with van der Waals surface area (Å²) in [6.45, 7) is 3.85. The van der Waals surface area contributed by atoms with Gasteiger partial charge in [0, 0.05) is 12.1 Å². The number of hydrogen-bond donors (Lipinski definition) is 0. The topological polar surface area (TPSA) is 30.0 Å². The van der Waals surface area contributed by atoms with E-state index in [2.05, 4.69) is 4.98 Å². The maximum atomic E-state index is 11.6. The number of nitrogens with zero attached hydrogens (tertiary/aromatic N) is 1. The van der Waals surface area contributed by atoms with Crippen LogP contribution in [0.25, 0.3) is 0 Å². The molecule has 1 aromatic rings. The lowest BCUT2D eigenvalue weighted by Gasteiger charge is -2.06. The van der Waals surface area contributed by atoms with Crippen LogP contribution in [0.15, 0.2) is 18.3 Å². The molecule has 0 aliphatic carbocycles. The summed E-state index contributed by atoms with van der Waals surface area (Å²) in [5, 5.41) is 0.438. The summed E-state index contributed by atoms with van der Waals surface area (Å²) in [4.78, 5) is 15.6. The van der Waals surface area contributed by atoms with E-state index < -0.39 is 0 Å². The van der Waals surface area contributed by atoms with Gasteiger partial charge in [-0.1, -0.05) is 25.4 Å². The van der Waals surface area contributed by atoms with Crippen LogP contribution in [0.2, 0.25) is 5.02 Å². The molecule has 2 nitrogen and oxygen atoms in total. The van der Waals surface area contributed by atoms with Gasteiger partial charge in [-0.05, 0) is 18.6 Å². The van der Waals surface area contributed by atoms with E-state index in [9.17, 15) is 4.79 Å². The number of hydrogen-bond acceptors (Lipinski definition) is 2. The van der Waals surface area contributed by atoms with E-state index in [4.69, 9.17) is 11.6 Å². The van der Waals surface area contributed by atoms with Gasteiger partial charge in [0.25, 0.3) is 0 Å². The summed E-state index contributed by atoms with van der Waals surface area (Å²) >= 11 is 5.84. The van der Waals surface area contributed by atoms with Gasteiger partial charge in [-0.3, -0.25) is 9.78 Å². The fourth-order valence-electron chi connectivity index (χ4n) is 0.986. The minimum atomic E-state index is -0.00704. The molecule has 0 fully saturated rings. The van der Waals surface area contributed by atoms with Gasteiger partial charge in [0.1, 0.15) is 5.69 Å². The van der Waals surface area contributed by atoms with Gasteiger partial charge in [0.2, 0.25) is 0 Å². The molecule has 70 valence electrons. The molecule has 1 rings (SSSR count). The predicted molar refractivity (Wildman–Crippen MR) is 53.0 cm³/mol. The predicted octanol–water partition coefficient (Wildman–Crippen LogP) is 2.96. The molecule has 3 heteroatoms. The maximum Gasteiger partial charge on any atom is 0.185 e. The van der Waals surface area contributed by atoms with E-state index in [0.717, 1.165) is 6.42 Å². The third-order valence-electron chi connectivity index (χ3n) is 2.05. The monoisotopic (exact) mass is 197 g/mol. The number of rotatable bonds is 3. The van der Waals surface area contributed by atoms with Crippen LogP contribution in [0.3, 0.4) is 0 Å². The van der Waals surface area contributed by atoms with Crippen LogP contribution in [-0.2, 0) is 0 Å². The maximum absolute atomic E-state index is 11.6. The Morgan fingerprint density at radius 2 is 2.38 bits per heavy atom. The summed E-state index contributed by atoms with van der Waals surface area (Å²) in [7, 11) is 0. The van der Waals surface area contributed by atoms with E-state index in [1.54, 1.807) is 18.3 Å². The van der Waals surface area contributed by atoms with Crippen LogP contribution in [0, 0.1) is 5.92 Å². The number of carbonyl (C=O) groups excluding carboxylic acids is 1. The van der Waals surface area contributed by atoms with Crippen LogP contribution in [0.1, 0.15) is 30.8 Å². The highest BCUT2D eigenvalue weighted by atomic mass is 35.5. The SMILES string of the molecule is CCC(C)C(=O)c1ncccc1Cl. The number of carbonyl (C=O) groups is 1. The van der Waals surface area contributed by atoms with Crippen molar-refractivity contribution in [2.75, 3.05) is 0 Å². The van der Waals surface area contributed by atoms with Crippen molar-refractivity contribution in [1.82, 2.24) is 4.98 Å². The third-order valence-corrected chi connectivity index (χ3v) is 2.36. The van der Waals surface area contributed by atoms with E-state index in [0.29, 0.717) is 10.7 Å². The van der Waals surface area contributed by atoms with E-state index >= 15 is 0 Å². The molecule has 0 radical (unpaired) electrons. The smallest absolute Gasteiger partial charge is 0.185 e. The van der Waals surface area contributed by atoms with Crippen molar-refractivity contribution in [2.45, 2.75) is 20.3 Å². The molecule has 0 aliphatic heterocycles. The normalized spacial score (nSPS) is 12.5. The van der Waals surface area contributed by atoms with Crippen molar-refractivity contribution < 1.29 is 4.79 Å². The first-order valence-electron chi connectivity index (χ1n) is 4.31. The van der Waals surface area contributed by atoms with Crippen LogP contribution in [0.4, 0.5) is 0 Å². The number of pyridine rings is 1. The molecule has 1 aromatic heterocycles. The number of Topliss-reactive ketones (excluding diaryl/α,β-unsaturated/α-hetero) is 1. The second kappa shape index (κ2) is 4.38. The van der Waals surface area contributed by atoms with Gasteiger partial charge >= 0.3 is 0 Å². The highest BCUT2D eigenvalue weighted by Gasteiger charge is 2.16. The molecule has 13 heavy (non-hydrogen) atoms. The summed E-state index contributed by atoms with van der Waals surface area (Å²) in [6, 6.07) is 3.40. The number of aromatic nitrogens is 1. The van der Waals surface area contributed by atoms with Crippen LogP contribution < -0.4 is 0 Å². The molecule has 1 unspecified atom stereocenters. The van der Waals surface area contributed by atoms with Gasteiger partial charge < -0.3 is 0 Å². The molecule has 0 spiro atoms. The lowest BCUT2D eigenvalue weighted by molar-refractivity contribution is 0.0922. The Balaban J connectivity index is 2.95. The van der Waals surface area contributed by atoms with Gasteiger partial charge in [0.15, 0.2) is 5.78 Å². The Morgan fingerprint density at radius 3 is 2.92 bits per heavy atom. The second-order valence-corrected chi connectivity index (χ2v) is 3.41. The molecule has 0 saturated heterocycles. The summed E-state index contributed by atoms with van der Waals surface area (Å²) in [5.41, 5.74) is 0.388. The molecule has 0 aromatic carbocycles. The Labute approximate surface area is 82.9 Å². The summed E-state index contributed by atoms with van der Waals surface area (Å²) in [5.74, 6) is 0.0144. The van der Waals surface area contributed by atoms with Crippen molar-refractivity contribution in [1.29, 1.82) is 0 Å². The zero-order valence-electron chi connectivity index (χ0n) is 7.75. The van der Waals surface area contributed by atoms with Crippen molar-refractivity contribution in [3.8, 4) is 0 Å². The molecule has 0 N–H and O–H groups in total. The first-order chi connectivity index (χ1) is 6.16. The highest BCUT2D eigenvalue weighted by Crippen LogP contribution is 2.17. The molecular formula is C10H12ClNO. The lowest BCUT2D eigenvalue weighted by atomic mass is 10.0. The first-order valence-corrected chi connectivity index (χ1v) is 4.69. The molecule has 1 heterocycles. The summed E-state index contributed by atoms with van der Waals surface area (Å²) in [6.07, 6.45) is 2.40. The average molecular weight is 198 g/mol. The van der Waals surface area contributed by atoms with E-state index in [1.807, 2.05) is 13.8 Å². The van der Waals surface area contributed by atoms with Crippen LogP contribution >= 0.6 is 11.6 Å². The van der Waals surface area contributed by atoms with Gasteiger partial charge in [-0.2, -0.15) is 0 Å². The third kappa shape index (κ3) is 2.28. The molecular weight excluding hydrogens is 186 g/mol. The minimum Gasteiger partial charge on any atom is -0.292 e. The Kier molecular flexibility index (Phi) is 3.43. The quantitative estimate of drug-likeness (QED) is 0.698. The fourth-order valence-corrected chi connectivity index (χ4v) is 1.20. The van der Waals surface area contributed by atoms with Crippen LogP contribution in [-0.4, -0.2) is 10.8 Å². The first kappa shape index (κ1) is 10.2. The number of ketones is 1. The highest BCUT2D eigenvalue weighted by molar-refractivity contribution is 6.33. The molecule has 0 aliphatic rings. The average Bonchev–Trinajstić information content (AvgIpc) is 2.16. The van der Waals surface area contributed by atoms with Crippen molar-refractivity contribution in [2.24, 2.45) is 5.92 Å².